The van der Waals surface area contributed by atoms with Crippen molar-refractivity contribution in [2.45, 2.75) is 19.3 Å². The van der Waals surface area contributed by atoms with E-state index < -0.39 is 0 Å². The molecule has 2 heteroatoms. The monoisotopic (exact) mass is 421 g/mol. The average Bonchev–Trinajstić information content (AvgIpc) is 2.86. The number of benzene rings is 5. The van der Waals surface area contributed by atoms with Crippen LogP contribution in [0, 0.1) is 0 Å². The SMILES string of the molecule is CC1(C)c2ccccc2N2c3ccccc3B(c3ccccc3)c3c2c1cc1ccccc31. The van der Waals surface area contributed by atoms with E-state index >= 15 is 0 Å². The highest BCUT2D eigenvalue weighted by atomic mass is 15.2. The van der Waals surface area contributed by atoms with Crippen molar-refractivity contribution < 1.29 is 0 Å². The number of para-hydroxylation sites is 2. The summed E-state index contributed by atoms with van der Waals surface area (Å²) in [7, 11) is 0. The van der Waals surface area contributed by atoms with Crippen molar-refractivity contribution in [1.29, 1.82) is 0 Å². The lowest BCUT2D eigenvalue weighted by atomic mass is 9.34. The van der Waals surface area contributed by atoms with Gasteiger partial charge in [-0.1, -0.05) is 110 Å². The third-order valence-corrected chi connectivity index (χ3v) is 7.69. The number of hydrogen-bond donors (Lipinski definition) is 0. The molecule has 0 bridgehead atoms. The lowest BCUT2D eigenvalue weighted by molar-refractivity contribution is 0.633. The number of anilines is 3. The van der Waals surface area contributed by atoms with Crippen molar-refractivity contribution in [1.82, 2.24) is 0 Å². The van der Waals surface area contributed by atoms with Gasteiger partial charge < -0.3 is 4.90 Å². The van der Waals surface area contributed by atoms with Gasteiger partial charge in [-0.15, -0.1) is 0 Å². The molecular weight excluding hydrogens is 397 g/mol. The van der Waals surface area contributed by atoms with E-state index in [4.69, 9.17) is 0 Å². The summed E-state index contributed by atoms with van der Waals surface area (Å²) < 4.78 is 0. The second kappa shape index (κ2) is 6.62. The maximum absolute atomic E-state index is 2.53. The fraction of sp³-hybridized carbons (Fsp3) is 0.0968. The molecule has 2 heterocycles. The van der Waals surface area contributed by atoms with Crippen molar-refractivity contribution in [3.8, 4) is 0 Å². The highest BCUT2D eigenvalue weighted by Gasteiger charge is 2.44. The predicted molar refractivity (Wildman–Crippen MR) is 142 cm³/mol. The molecule has 1 nitrogen and oxygen atoms in total. The fourth-order valence-electron chi connectivity index (χ4n) is 6.17. The van der Waals surface area contributed by atoms with Gasteiger partial charge in [-0.2, -0.15) is 0 Å². The van der Waals surface area contributed by atoms with Gasteiger partial charge in [-0.3, -0.25) is 0 Å². The lowest BCUT2D eigenvalue weighted by Gasteiger charge is -2.47. The normalized spacial score (nSPS) is 15.1. The van der Waals surface area contributed by atoms with Crippen molar-refractivity contribution in [2.75, 3.05) is 4.90 Å². The third kappa shape index (κ3) is 2.44. The van der Waals surface area contributed by atoms with Gasteiger partial charge in [-0.25, -0.2) is 0 Å². The van der Waals surface area contributed by atoms with Gasteiger partial charge in [0.15, 0.2) is 0 Å². The van der Waals surface area contributed by atoms with Crippen LogP contribution in [0.5, 0.6) is 0 Å². The van der Waals surface area contributed by atoms with E-state index in [1.807, 2.05) is 0 Å². The maximum atomic E-state index is 2.53. The van der Waals surface area contributed by atoms with Gasteiger partial charge in [0.2, 0.25) is 6.71 Å². The van der Waals surface area contributed by atoms with Crippen molar-refractivity contribution >= 4 is 50.9 Å². The molecule has 0 N–H and O–H groups in total. The van der Waals surface area contributed by atoms with Crippen LogP contribution in [0.25, 0.3) is 10.8 Å². The first-order valence-corrected chi connectivity index (χ1v) is 11.8. The zero-order valence-electron chi connectivity index (χ0n) is 18.9. The third-order valence-electron chi connectivity index (χ3n) is 7.69. The predicted octanol–water partition coefficient (Wildman–Crippen LogP) is 5.78. The summed E-state index contributed by atoms with van der Waals surface area (Å²) in [5.74, 6) is 0. The van der Waals surface area contributed by atoms with Crippen LogP contribution in [-0.2, 0) is 5.41 Å². The minimum absolute atomic E-state index is 0.0886. The number of rotatable bonds is 1. The Morgan fingerprint density at radius 1 is 0.636 bits per heavy atom. The first kappa shape index (κ1) is 18.8. The Balaban J connectivity index is 1.70. The van der Waals surface area contributed by atoms with Crippen LogP contribution >= 0.6 is 0 Å². The van der Waals surface area contributed by atoms with Crippen LogP contribution in [0.4, 0.5) is 17.1 Å². The number of nitrogens with zero attached hydrogens (tertiary/aromatic N) is 1. The van der Waals surface area contributed by atoms with E-state index in [-0.39, 0.29) is 12.1 Å². The topological polar surface area (TPSA) is 3.24 Å². The molecule has 2 aliphatic heterocycles. The van der Waals surface area contributed by atoms with E-state index in [9.17, 15) is 0 Å². The molecule has 0 aromatic heterocycles. The summed E-state index contributed by atoms with van der Waals surface area (Å²) in [4.78, 5) is 2.53. The Morgan fingerprint density at radius 2 is 1.30 bits per heavy atom. The number of fused-ring (bicyclic) bond motifs is 6. The fourth-order valence-corrected chi connectivity index (χ4v) is 6.17. The highest BCUT2D eigenvalue weighted by molar-refractivity contribution is 6.99. The van der Waals surface area contributed by atoms with Gasteiger partial charge in [0, 0.05) is 16.8 Å². The molecule has 0 radical (unpaired) electrons. The summed E-state index contributed by atoms with van der Waals surface area (Å²) in [6.45, 7) is 4.96. The van der Waals surface area contributed by atoms with Crippen LogP contribution in [0.1, 0.15) is 25.0 Å². The smallest absolute Gasteiger partial charge is 0.247 e. The van der Waals surface area contributed by atoms with E-state index in [1.165, 1.54) is 55.3 Å². The van der Waals surface area contributed by atoms with Crippen LogP contribution in [-0.4, -0.2) is 6.71 Å². The van der Waals surface area contributed by atoms with Gasteiger partial charge in [-0.05, 0) is 51.0 Å². The summed E-state index contributed by atoms with van der Waals surface area (Å²) in [5, 5.41) is 2.67. The highest BCUT2D eigenvalue weighted by Crippen LogP contribution is 2.52. The molecule has 0 saturated heterocycles. The molecule has 0 aliphatic carbocycles. The summed E-state index contributed by atoms with van der Waals surface area (Å²) in [6, 6.07) is 40.3. The quantitative estimate of drug-likeness (QED) is 0.304. The largest absolute Gasteiger partial charge is 0.311 e. The van der Waals surface area contributed by atoms with Crippen molar-refractivity contribution in [3.63, 3.8) is 0 Å². The van der Waals surface area contributed by atoms with E-state index in [0.717, 1.165) is 0 Å². The molecule has 2 aliphatic rings. The Morgan fingerprint density at radius 3 is 2.15 bits per heavy atom. The molecule has 0 unspecified atom stereocenters. The second-order valence-corrected chi connectivity index (χ2v) is 9.79. The molecule has 5 aromatic carbocycles. The van der Waals surface area contributed by atoms with E-state index in [1.54, 1.807) is 0 Å². The Kier molecular flexibility index (Phi) is 3.76. The van der Waals surface area contributed by atoms with Crippen molar-refractivity contribution in [3.05, 3.63) is 120 Å². The van der Waals surface area contributed by atoms with E-state index in [0.29, 0.717) is 0 Å². The Labute approximate surface area is 195 Å². The van der Waals surface area contributed by atoms with E-state index in [2.05, 4.69) is 128 Å². The molecule has 156 valence electrons. The van der Waals surface area contributed by atoms with Crippen LogP contribution in [0.2, 0.25) is 0 Å². The molecule has 7 rings (SSSR count). The van der Waals surface area contributed by atoms with Gasteiger partial charge in [0.25, 0.3) is 0 Å². The van der Waals surface area contributed by atoms with Crippen LogP contribution < -0.4 is 21.3 Å². The summed E-state index contributed by atoms with van der Waals surface area (Å²) >= 11 is 0. The first-order valence-electron chi connectivity index (χ1n) is 11.8. The molecule has 0 spiro atoms. The number of hydrogen-bond acceptors (Lipinski definition) is 1. The zero-order valence-corrected chi connectivity index (χ0v) is 18.9. The minimum atomic E-state index is -0.0886. The maximum Gasteiger partial charge on any atom is 0.247 e. The summed E-state index contributed by atoms with van der Waals surface area (Å²) in [5.41, 5.74) is 10.8. The second-order valence-electron chi connectivity index (χ2n) is 9.79. The van der Waals surface area contributed by atoms with Crippen LogP contribution in [0.3, 0.4) is 0 Å². The molecule has 33 heavy (non-hydrogen) atoms. The first-order chi connectivity index (χ1) is 16.2. The lowest BCUT2D eigenvalue weighted by Crippen LogP contribution is -2.58. The molecular formula is C31H24BN. The van der Waals surface area contributed by atoms with Crippen molar-refractivity contribution in [2.24, 2.45) is 0 Å². The van der Waals surface area contributed by atoms with Gasteiger partial charge >= 0.3 is 0 Å². The summed E-state index contributed by atoms with van der Waals surface area (Å²) in [6.07, 6.45) is 0. The van der Waals surface area contributed by atoms with Gasteiger partial charge in [0.05, 0.1) is 5.69 Å². The Hall–Kier alpha value is -3.78. The molecule has 5 aromatic rings. The average molecular weight is 421 g/mol. The Bertz CT molecular complexity index is 1550. The molecule has 0 fully saturated rings. The standard InChI is InChI=1S/C31H24BN/c1-31(2)24-16-8-10-18-27(24)33-28-19-11-9-17-26(28)32(22-13-4-3-5-14-22)29-23-15-7-6-12-21(23)20-25(31)30(29)33/h3-20H,1-2H3. The molecule has 0 atom stereocenters. The molecule has 0 saturated carbocycles. The zero-order chi connectivity index (χ0) is 22.2. The van der Waals surface area contributed by atoms with Crippen LogP contribution in [0.15, 0.2) is 109 Å². The van der Waals surface area contributed by atoms with Gasteiger partial charge in [0.1, 0.15) is 0 Å². The molecule has 0 amide bonds. The minimum Gasteiger partial charge on any atom is -0.311 e.